The van der Waals surface area contributed by atoms with Gasteiger partial charge in [-0.05, 0) is 155 Å². The topological polar surface area (TPSA) is 226 Å². The largest absolute Gasteiger partial charge is 0.634 e. The maximum Gasteiger partial charge on any atom is 0.409 e. The van der Waals surface area contributed by atoms with Gasteiger partial charge in [-0.1, -0.05) is 72.8 Å². The van der Waals surface area contributed by atoms with Crippen molar-refractivity contribution < 1.29 is 43.3 Å². The Morgan fingerprint density at radius 2 is 1.12 bits per heavy atom. The molecule has 5 amide bonds. The Bertz CT molecular complexity index is 2700. The monoisotopic (exact) mass is 992 g/mol. The zero-order valence-electron chi connectivity index (χ0n) is 45.1. The van der Waals surface area contributed by atoms with E-state index in [0.29, 0.717) is 0 Å². The number of hydrogen-bond acceptors (Lipinski definition) is 11. The lowest BCUT2D eigenvalue weighted by atomic mass is 9.70. The lowest BCUT2D eigenvalue weighted by Gasteiger charge is -2.57. The van der Waals surface area contributed by atoms with Gasteiger partial charge in [0, 0.05) is 25.7 Å². The number of esters is 1. The van der Waals surface area contributed by atoms with E-state index >= 15 is 0 Å². The predicted octanol–water partition coefficient (Wildman–Crippen LogP) is 6.26. The molecule has 16 heteroatoms. The highest BCUT2D eigenvalue weighted by Gasteiger charge is 2.57. The van der Waals surface area contributed by atoms with Crippen molar-refractivity contribution in [1.82, 2.24) is 26.2 Å². The third kappa shape index (κ3) is 11.6. The van der Waals surface area contributed by atoms with Gasteiger partial charge in [0.25, 0.3) is 11.8 Å². The summed E-state index contributed by atoms with van der Waals surface area (Å²) in [6.45, 7) is 26.0. The number of quaternary nitrogens is 1. The molecule has 0 unspecified atom stereocenters. The number of imide groups is 1. The highest BCUT2D eigenvalue weighted by Crippen LogP contribution is 2.44. The highest BCUT2D eigenvalue weighted by molar-refractivity contribution is 6.09. The van der Waals surface area contributed by atoms with Crippen molar-refractivity contribution in [2.24, 2.45) is 5.73 Å². The summed E-state index contributed by atoms with van der Waals surface area (Å²) in [5, 5.41) is 29.7. The van der Waals surface area contributed by atoms with E-state index in [-0.39, 0.29) is 30.7 Å². The van der Waals surface area contributed by atoms with Crippen LogP contribution in [-0.4, -0.2) is 97.2 Å². The van der Waals surface area contributed by atoms with Crippen LogP contribution in [0.4, 0.5) is 4.79 Å². The molecule has 4 aromatic rings. The summed E-state index contributed by atoms with van der Waals surface area (Å²) in [5.41, 5.74) is 0.568. The van der Waals surface area contributed by atoms with Crippen LogP contribution >= 0.6 is 0 Å². The summed E-state index contributed by atoms with van der Waals surface area (Å²) >= 11 is 0. The van der Waals surface area contributed by atoms with Gasteiger partial charge in [0.2, 0.25) is 11.8 Å². The second-order valence-electron chi connectivity index (χ2n) is 24.6. The molecule has 0 bridgehead atoms. The third-order valence-corrected chi connectivity index (χ3v) is 13.6. The minimum absolute atomic E-state index is 0.0907. The number of nitrogens with one attached hydrogen (secondary N) is 5. The quantitative estimate of drug-likeness (QED) is 0.0559. The third-order valence-electron chi connectivity index (χ3n) is 13.6. The molecule has 1 aliphatic carbocycles. The van der Waals surface area contributed by atoms with E-state index in [9.17, 15) is 34.0 Å². The van der Waals surface area contributed by atoms with Crippen LogP contribution < -0.4 is 32.1 Å². The predicted molar refractivity (Wildman–Crippen MR) is 279 cm³/mol. The van der Waals surface area contributed by atoms with Crippen molar-refractivity contribution in [3.05, 3.63) is 89.1 Å². The van der Waals surface area contributed by atoms with E-state index in [1.807, 2.05) is 36.4 Å². The molecule has 72 heavy (non-hydrogen) atoms. The Hall–Kier alpha value is -5.94. The number of carbonyl (C=O) groups excluding carboxylic acids is 6. The summed E-state index contributed by atoms with van der Waals surface area (Å²) < 4.78 is 11.5. The molecule has 1 fully saturated rings. The molecule has 6 rings (SSSR count). The number of hydroxylamine groups is 2. The number of amides is 5. The number of nitrogens with two attached hydrogens (primary N) is 1. The number of rotatable bonds is 11. The average molecular weight is 992 g/mol. The molecular formula is C56H77N7O9. The van der Waals surface area contributed by atoms with Gasteiger partial charge in [-0.15, -0.1) is 0 Å². The van der Waals surface area contributed by atoms with Crippen molar-refractivity contribution in [2.75, 3.05) is 0 Å². The van der Waals surface area contributed by atoms with Crippen LogP contribution in [0.2, 0.25) is 0 Å². The Balaban J connectivity index is 1.31. The van der Waals surface area contributed by atoms with Gasteiger partial charge in [0.15, 0.2) is 0 Å². The van der Waals surface area contributed by atoms with E-state index in [2.05, 4.69) is 57.7 Å². The first-order valence-electron chi connectivity index (χ1n) is 24.8. The van der Waals surface area contributed by atoms with Crippen LogP contribution in [0, 0.1) is 5.21 Å². The first-order valence-corrected chi connectivity index (χ1v) is 24.8. The normalized spacial score (nSPS) is 20.4. The number of piperidine rings is 1. The molecule has 7 N–H and O–H groups in total. The van der Waals surface area contributed by atoms with Crippen LogP contribution in [-0.2, 0) is 46.3 Å². The molecule has 0 spiro atoms. The molecule has 1 aliphatic heterocycles. The fraction of sp³-hybridized carbons (Fsp3) is 0.536. The smallest absolute Gasteiger partial charge is 0.409 e. The fourth-order valence-corrected chi connectivity index (χ4v) is 10.8. The number of fused-ring (bicyclic) bond motifs is 7. The lowest BCUT2D eigenvalue weighted by molar-refractivity contribution is -0.956. The summed E-state index contributed by atoms with van der Waals surface area (Å²) in [5.74, 6) is -4.11. The summed E-state index contributed by atoms with van der Waals surface area (Å²) in [4.78, 5) is 86.8. The van der Waals surface area contributed by atoms with Gasteiger partial charge in [0.05, 0.1) is 16.6 Å². The Labute approximate surface area is 424 Å². The molecule has 390 valence electrons. The zero-order chi connectivity index (χ0) is 53.9. The summed E-state index contributed by atoms with van der Waals surface area (Å²) in [7, 11) is 0. The summed E-state index contributed by atoms with van der Waals surface area (Å²) in [6.07, 6.45) is -0.452. The zero-order valence-corrected chi connectivity index (χ0v) is 45.1. The average Bonchev–Trinajstić information content (AvgIpc) is 3.37. The van der Waals surface area contributed by atoms with Crippen LogP contribution in [0.25, 0.3) is 32.7 Å². The van der Waals surface area contributed by atoms with Gasteiger partial charge in [-0.3, -0.25) is 29.4 Å². The van der Waals surface area contributed by atoms with E-state index < -0.39 is 92.3 Å². The van der Waals surface area contributed by atoms with Gasteiger partial charge < -0.3 is 41.4 Å². The van der Waals surface area contributed by atoms with Crippen molar-refractivity contribution in [3.8, 4) is 11.1 Å². The second-order valence-corrected chi connectivity index (χ2v) is 24.6. The van der Waals surface area contributed by atoms with E-state index in [1.165, 1.54) is 27.7 Å². The molecule has 1 saturated heterocycles. The second kappa shape index (κ2) is 19.2. The molecule has 0 radical (unpaired) electrons. The Morgan fingerprint density at radius 1 is 0.667 bits per heavy atom. The lowest BCUT2D eigenvalue weighted by Crippen LogP contribution is -3.24. The van der Waals surface area contributed by atoms with Gasteiger partial charge in [-0.25, -0.2) is 9.59 Å². The van der Waals surface area contributed by atoms with Crippen LogP contribution in [0.1, 0.15) is 135 Å². The molecule has 0 aromatic heterocycles. The van der Waals surface area contributed by atoms with Crippen LogP contribution in [0.5, 0.6) is 0 Å². The van der Waals surface area contributed by atoms with Crippen LogP contribution in [0.3, 0.4) is 0 Å². The molecule has 2 aliphatic rings. The number of ether oxygens (including phenoxy) is 2. The van der Waals surface area contributed by atoms with E-state index in [1.54, 1.807) is 83.1 Å². The molecule has 2 atom stereocenters. The minimum Gasteiger partial charge on any atom is -0.634 e. The van der Waals surface area contributed by atoms with Gasteiger partial charge in [0.1, 0.15) is 40.0 Å². The Kier molecular flexibility index (Phi) is 14.7. The Morgan fingerprint density at radius 3 is 1.58 bits per heavy atom. The molecular weight excluding hydrogens is 915 g/mol. The van der Waals surface area contributed by atoms with Crippen LogP contribution in [0.15, 0.2) is 72.8 Å². The first kappa shape index (κ1) is 55.4. The number of carbonyl (C=O) groups is 6. The first-order chi connectivity index (χ1) is 32.9. The number of nitrogens with zero attached hydrogens (tertiary/aromatic N) is 1. The highest BCUT2D eigenvalue weighted by atomic mass is 16.6. The number of alkyl carbamates (subject to hydrolysis) is 1. The van der Waals surface area contributed by atoms with E-state index in [0.717, 1.165) is 48.7 Å². The van der Waals surface area contributed by atoms with Gasteiger partial charge in [-0.2, -0.15) is 0 Å². The molecule has 16 nitrogen and oxygen atoms in total. The van der Waals surface area contributed by atoms with Crippen molar-refractivity contribution >= 4 is 57.2 Å². The molecule has 1 heterocycles. The van der Waals surface area contributed by atoms with Crippen molar-refractivity contribution in [3.63, 3.8) is 0 Å². The number of hydrogen-bond donors (Lipinski definition) is 6. The summed E-state index contributed by atoms with van der Waals surface area (Å²) in [6, 6.07) is 21.6. The molecule has 0 saturated carbocycles. The van der Waals surface area contributed by atoms with Crippen molar-refractivity contribution in [2.45, 2.75) is 193 Å². The maximum atomic E-state index is 14.8. The number of benzene rings is 4. The maximum absolute atomic E-state index is 14.8. The minimum atomic E-state index is -1.75. The van der Waals surface area contributed by atoms with E-state index in [4.69, 9.17) is 15.2 Å². The van der Waals surface area contributed by atoms with Crippen molar-refractivity contribution in [1.29, 1.82) is 0 Å². The SMILES string of the molecule is C[C@H](NC(=O)C(C)(C)NC(=O)C(C)(C)NC1(NC(=O)OC(C)(C)C)Cc2ccc3ccccc3c2-c2c(ccc3ccccc23)C1)C(=O)N(C(=O)C1(N)CC(C)(C)[NH+]([O-])C(C)(C)C1)[C@@H](C)C(=O)OC(C)(C)C. The fourth-order valence-electron chi connectivity index (χ4n) is 10.8. The molecule has 4 aromatic carbocycles. The van der Waals surface area contributed by atoms with Gasteiger partial charge >= 0.3 is 12.1 Å². The standard InChI is InChI=1S/C56H77N7O9/c1-33(43(64)62(34(2)44(65)71-49(3,4)5)47(68)55(57)31-51(9,10)63(70)52(11,12)32-55)58-45(66)53(13,14)59-46(67)54(15,16)61-56(60-48(69)72-50(6,7)8)29-37-27-25-35-21-17-19-23-39(35)41(37)42-38(30-56)28-26-36-22-18-20-24-40(36)42/h17-28,33-34,61,63H,29-32,57H2,1-16H3,(H,58,66)(H,59,67)(H,60,69)/t33-,34-/m0/s1.